The summed E-state index contributed by atoms with van der Waals surface area (Å²) < 4.78 is 4.80. The molecular weight excluding hydrogens is 250 g/mol. The Morgan fingerprint density at radius 3 is 2.63 bits per heavy atom. The van der Waals surface area contributed by atoms with Gasteiger partial charge in [-0.1, -0.05) is 12.1 Å². The summed E-state index contributed by atoms with van der Waals surface area (Å²) in [7, 11) is 0. The first-order valence-electron chi connectivity index (χ1n) is 5.90. The monoisotopic (exact) mass is 267 g/mol. The first-order chi connectivity index (χ1) is 8.95. The molecule has 0 spiro atoms. The number of esters is 1. The van der Waals surface area contributed by atoms with E-state index >= 15 is 0 Å². The molecule has 6 nitrogen and oxygen atoms in total. The number of nitrogens with two attached hydrogens (primary N) is 1. The van der Waals surface area contributed by atoms with E-state index in [1.807, 2.05) is 0 Å². The highest BCUT2D eigenvalue weighted by Gasteiger charge is 2.18. The molecule has 0 aliphatic rings. The van der Waals surface area contributed by atoms with E-state index in [4.69, 9.17) is 15.6 Å². The summed E-state index contributed by atoms with van der Waals surface area (Å²) in [6.45, 7) is 2.07. The number of carboxylic acids is 1. The third-order valence-corrected chi connectivity index (χ3v) is 2.60. The van der Waals surface area contributed by atoms with Crippen molar-refractivity contribution in [3.63, 3.8) is 0 Å². The van der Waals surface area contributed by atoms with Gasteiger partial charge in [0.15, 0.2) is 6.10 Å². The molecule has 0 aliphatic carbocycles. The predicted molar refractivity (Wildman–Crippen MR) is 68.4 cm³/mol. The van der Waals surface area contributed by atoms with Gasteiger partial charge in [0.2, 0.25) is 0 Å². The smallest absolute Gasteiger partial charge is 0.337 e. The fraction of sp³-hybridized carbons (Fsp3) is 0.385. The second-order valence-electron chi connectivity index (χ2n) is 4.01. The van der Waals surface area contributed by atoms with E-state index < -0.39 is 12.1 Å². The summed E-state index contributed by atoms with van der Waals surface area (Å²) in [5.41, 5.74) is 6.81. The molecule has 19 heavy (non-hydrogen) atoms. The van der Waals surface area contributed by atoms with Crippen molar-refractivity contribution in [2.75, 3.05) is 12.3 Å². The maximum absolute atomic E-state index is 11.2. The maximum atomic E-state index is 11.2. The first-order valence-corrected chi connectivity index (χ1v) is 5.90. The number of hydrogen-bond donors (Lipinski definition) is 3. The number of aliphatic hydroxyl groups excluding tert-OH is 1. The Kier molecular flexibility index (Phi) is 5.32. The molecule has 6 heteroatoms. The number of aryl methyl sites for hydroxylation is 1. The minimum Gasteiger partial charge on any atom is -0.479 e. The number of rotatable bonds is 6. The molecule has 0 saturated heterocycles. The number of carbonyl (C=O) groups is 2. The summed E-state index contributed by atoms with van der Waals surface area (Å²) >= 11 is 0. The molecule has 1 aromatic carbocycles. The quantitative estimate of drug-likeness (QED) is 0.521. The fourth-order valence-electron chi connectivity index (χ4n) is 1.64. The third kappa shape index (κ3) is 4.26. The summed E-state index contributed by atoms with van der Waals surface area (Å²) in [6.07, 6.45) is -0.959. The van der Waals surface area contributed by atoms with Gasteiger partial charge >= 0.3 is 11.9 Å². The van der Waals surface area contributed by atoms with Gasteiger partial charge in [-0.05, 0) is 25.0 Å². The lowest BCUT2D eigenvalue weighted by Crippen LogP contribution is -2.13. The van der Waals surface area contributed by atoms with Crippen LogP contribution in [0.1, 0.15) is 30.6 Å². The van der Waals surface area contributed by atoms with Crippen molar-refractivity contribution in [2.24, 2.45) is 0 Å². The number of hydrogen-bond acceptors (Lipinski definition) is 5. The van der Waals surface area contributed by atoms with Crippen molar-refractivity contribution in [3.05, 3.63) is 29.3 Å². The van der Waals surface area contributed by atoms with Crippen LogP contribution in [0, 0.1) is 0 Å². The fourth-order valence-corrected chi connectivity index (χ4v) is 1.64. The summed E-state index contributed by atoms with van der Waals surface area (Å²) in [5.74, 6) is -1.65. The molecule has 0 bridgehead atoms. The molecule has 1 atom stereocenters. The Morgan fingerprint density at radius 1 is 1.42 bits per heavy atom. The number of aliphatic hydroxyl groups is 1. The highest BCUT2D eigenvalue weighted by atomic mass is 16.5. The van der Waals surface area contributed by atoms with E-state index in [0.717, 1.165) is 5.56 Å². The second kappa shape index (κ2) is 6.75. The van der Waals surface area contributed by atoms with Crippen molar-refractivity contribution >= 4 is 17.6 Å². The topological polar surface area (TPSA) is 110 Å². The van der Waals surface area contributed by atoms with E-state index in [2.05, 4.69) is 0 Å². The zero-order valence-corrected chi connectivity index (χ0v) is 10.6. The van der Waals surface area contributed by atoms with Crippen LogP contribution < -0.4 is 5.73 Å². The maximum Gasteiger partial charge on any atom is 0.337 e. The standard InChI is InChI=1S/C13H17NO5/c1-2-19-11(15)6-4-8-3-5-9(10(14)7-8)12(16)13(17)18/h3,5,7,12,16H,2,4,6,14H2,1H3,(H,17,18). The van der Waals surface area contributed by atoms with E-state index in [1.165, 1.54) is 6.07 Å². The van der Waals surface area contributed by atoms with Crippen molar-refractivity contribution < 1.29 is 24.5 Å². The lowest BCUT2D eigenvalue weighted by Gasteiger charge is -2.11. The lowest BCUT2D eigenvalue weighted by atomic mass is 10.0. The Morgan fingerprint density at radius 2 is 2.11 bits per heavy atom. The summed E-state index contributed by atoms with van der Waals surface area (Å²) in [5, 5.41) is 18.1. The van der Waals surface area contributed by atoms with Crippen LogP contribution in [0.3, 0.4) is 0 Å². The lowest BCUT2D eigenvalue weighted by molar-refractivity contribution is -0.147. The minimum absolute atomic E-state index is 0.146. The van der Waals surface area contributed by atoms with Gasteiger partial charge in [-0.25, -0.2) is 4.79 Å². The molecular formula is C13H17NO5. The number of nitrogen functional groups attached to an aromatic ring is 1. The highest BCUT2D eigenvalue weighted by Crippen LogP contribution is 2.22. The van der Waals surface area contributed by atoms with E-state index in [-0.39, 0.29) is 23.6 Å². The summed E-state index contributed by atoms with van der Waals surface area (Å²) in [6, 6.07) is 4.65. The minimum atomic E-state index is -1.64. The van der Waals surface area contributed by atoms with Gasteiger partial charge in [0.25, 0.3) is 0 Å². The van der Waals surface area contributed by atoms with Gasteiger partial charge in [0.1, 0.15) is 0 Å². The molecule has 104 valence electrons. The number of ether oxygens (including phenoxy) is 1. The molecule has 1 unspecified atom stereocenters. The number of anilines is 1. The molecule has 0 radical (unpaired) electrons. The highest BCUT2D eigenvalue weighted by molar-refractivity contribution is 5.76. The van der Waals surface area contributed by atoms with E-state index in [9.17, 15) is 14.7 Å². The Hall–Kier alpha value is -2.08. The molecule has 0 aromatic heterocycles. The molecule has 1 rings (SSSR count). The van der Waals surface area contributed by atoms with Crippen LogP contribution in [0.4, 0.5) is 5.69 Å². The Bertz CT molecular complexity index is 472. The van der Waals surface area contributed by atoms with Gasteiger partial charge in [-0.2, -0.15) is 0 Å². The van der Waals surface area contributed by atoms with Gasteiger partial charge in [-0.15, -0.1) is 0 Å². The van der Waals surface area contributed by atoms with Crippen molar-refractivity contribution in [1.29, 1.82) is 0 Å². The van der Waals surface area contributed by atoms with Crippen molar-refractivity contribution in [2.45, 2.75) is 25.9 Å². The van der Waals surface area contributed by atoms with Gasteiger partial charge in [0, 0.05) is 17.7 Å². The second-order valence-corrected chi connectivity index (χ2v) is 4.01. The van der Waals surface area contributed by atoms with Crippen LogP contribution in [0.25, 0.3) is 0 Å². The SMILES string of the molecule is CCOC(=O)CCc1ccc(C(O)C(=O)O)c(N)c1. The van der Waals surface area contributed by atoms with Crippen LogP contribution in [0.15, 0.2) is 18.2 Å². The van der Waals surface area contributed by atoms with Crippen LogP contribution in [-0.2, 0) is 20.7 Å². The van der Waals surface area contributed by atoms with Crippen molar-refractivity contribution in [3.8, 4) is 0 Å². The number of aliphatic carboxylic acids is 1. The molecule has 0 aliphatic heterocycles. The number of carbonyl (C=O) groups excluding carboxylic acids is 1. The molecule has 4 N–H and O–H groups in total. The van der Waals surface area contributed by atoms with Crippen LogP contribution in [-0.4, -0.2) is 28.8 Å². The molecule has 0 saturated carbocycles. The summed E-state index contributed by atoms with van der Waals surface area (Å²) in [4.78, 5) is 21.9. The van der Waals surface area contributed by atoms with E-state index in [1.54, 1.807) is 19.1 Å². The van der Waals surface area contributed by atoms with E-state index in [0.29, 0.717) is 13.0 Å². The zero-order valence-electron chi connectivity index (χ0n) is 10.6. The van der Waals surface area contributed by atoms with Gasteiger partial charge in [0.05, 0.1) is 6.61 Å². The third-order valence-electron chi connectivity index (χ3n) is 2.60. The Balaban J connectivity index is 2.72. The predicted octanol–water partition coefficient (Wildman–Crippen LogP) is 0.882. The average molecular weight is 267 g/mol. The molecule has 0 heterocycles. The molecule has 0 amide bonds. The van der Waals surface area contributed by atoms with Crippen LogP contribution in [0.2, 0.25) is 0 Å². The zero-order chi connectivity index (χ0) is 14.4. The Labute approximate surface area is 110 Å². The van der Waals surface area contributed by atoms with Crippen LogP contribution >= 0.6 is 0 Å². The first kappa shape index (κ1) is 15.0. The normalized spacial score (nSPS) is 11.9. The number of benzene rings is 1. The molecule has 1 aromatic rings. The largest absolute Gasteiger partial charge is 0.479 e. The van der Waals surface area contributed by atoms with Crippen LogP contribution in [0.5, 0.6) is 0 Å². The molecule has 0 fully saturated rings. The average Bonchev–Trinajstić information content (AvgIpc) is 2.36. The van der Waals surface area contributed by atoms with Crippen molar-refractivity contribution in [1.82, 2.24) is 0 Å². The van der Waals surface area contributed by atoms with Gasteiger partial charge in [-0.3, -0.25) is 4.79 Å². The van der Waals surface area contributed by atoms with Gasteiger partial charge < -0.3 is 20.7 Å². The number of carboxylic acid groups (broad SMARTS) is 1.